The van der Waals surface area contributed by atoms with Crippen molar-refractivity contribution in [3.05, 3.63) is 15.6 Å². The number of rotatable bonds is 4. The quantitative estimate of drug-likeness (QED) is 0.831. The Morgan fingerprint density at radius 1 is 1.31 bits per heavy atom. The normalized spacial score (nSPS) is 15.4. The van der Waals surface area contributed by atoms with E-state index in [0.29, 0.717) is 6.54 Å². The van der Waals surface area contributed by atoms with Gasteiger partial charge in [0, 0.05) is 18.0 Å². The van der Waals surface area contributed by atoms with Crippen LogP contribution in [0.1, 0.15) is 28.4 Å². The first-order chi connectivity index (χ1) is 7.54. The lowest BCUT2D eigenvalue weighted by atomic mass is 10.4. The Balaban J connectivity index is 1.73. The van der Waals surface area contributed by atoms with Crippen molar-refractivity contribution in [2.75, 3.05) is 6.54 Å². The predicted molar refractivity (Wildman–Crippen MR) is 56.5 cm³/mol. The fraction of sp³-hybridized carbons (Fsp3) is 0.700. The van der Waals surface area contributed by atoms with E-state index in [4.69, 9.17) is 0 Å². The minimum Gasteiger partial charge on any atom is -0.310 e. The average Bonchev–Trinajstić information content (AvgIpc) is 2.70. The summed E-state index contributed by atoms with van der Waals surface area (Å²) in [5, 5.41) is 3.68. The number of hydrogen-bond acceptors (Lipinski definition) is 3. The van der Waals surface area contributed by atoms with Crippen LogP contribution >= 0.6 is 11.3 Å². The van der Waals surface area contributed by atoms with Gasteiger partial charge in [0.15, 0.2) is 0 Å². The molecule has 0 saturated carbocycles. The molecule has 0 unspecified atom stereocenters. The summed E-state index contributed by atoms with van der Waals surface area (Å²) in [6.07, 6.45) is -1.59. The zero-order valence-electron chi connectivity index (χ0n) is 8.73. The van der Waals surface area contributed by atoms with Crippen molar-refractivity contribution in [1.29, 1.82) is 0 Å². The molecule has 0 bridgehead atoms. The second-order valence-corrected chi connectivity index (χ2v) is 5.04. The van der Waals surface area contributed by atoms with Crippen molar-refractivity contribution < 1.29 is 13.2 Å². The lowest BCUT2D eigenvalue weighted by Gasteiger charge is -2.06. The number of aromatic nitrogens is 1. The third-order valence-corrected chi connectivity index (χ3v) is 3.66. The van der Waals surface area contributed by atoms with Crippen LogP contribution < -0.4 is 5.32 Å². The molecule has 16 heavy (non-hydrogen) atoms. The molecule has 0 saturated heterocycles. The molecule has 2 nitrogen and oxygen atoms in total. The van der Waals surface area contributed by atoms with Crippen LogP contribution in [0.4, 0.5) is 13.2 Å². The number of nitrogens with zero attached hydrogens (tertiary/aromatic N) is 1. The van der Waals surface area contributed by atoms with Gasteiger partial charge >= 0.3 is 6.18 Å². The molecule has 6 heteroatoms. The molecule has 0 aromatic carbocycles. The highest BCUT2D eigenvalue weighted by molar-refractivity contribution is 7.11. The monoisotopic (exact) mass is 250 g/mol. The zero-order valence-corrected chi connectivity index (χ0v) is 9.55. The first-order valence-electron chi connectivity index (χ1n) is 5.29. The highest BCUT2D eigenvalue weighted by atomic mass is 32.1. The molecule has 2 rings (SSSR count). The number of aryl methyl sites for hydroxylation is 2. The molecular formula is C10H13F3N2S. The van der Waals surface area contributed by atoms with E-state index < -0.39 is 12.6 Å². The predicted octanol–water partition coefficient (Wildman–Crippen LogP) is 2.67. The van der Waals surface area contributed by atoms with E-state index in [2.05, 4.69) is 10.3 Å². The SMILES string of the molecule is FC(F)(F)CCNCc1nc2c(s1)CCC2. The first-order valence-corrected chi connectivity index (χ1v) is 6.11. The lowest BCUT2D eigenvalue weighted by Crippen LogP contribution is -2.21. The third-order valence-electron chi connectivity index (χ3n) is 2.50. The summed E-state index contributed by atoms with van der Waals surface area (Å²) >= 11 is 1.63. The molecule has 1 heterocycles. The fourth-order valence-electron chi connectivity index (χ4n) is 1.74. The van der Waals surface area contributed by atoms with Crippen LogP contribution in [0.2, 0.25) is 0 Å². The number of alkyl halides is 3. The summed E-state index contributed by atoms with van der Waals surface area (Å²) in [7, 11) is 0. The van der Waals surface area contributed by atoms with Crippen LogP contribution in [0, 0.1) is 0 Å². The van der Waals surface area contributed by atoms with Gasteiger partial charge in [-0.25, -0.2) is 4.98 Å². The van der Waals surface area contributed by atoms with Crippen LogP contribution in [0.5, 0.6) is 0 Å². The van der Waals surface area contributed by atoms with Gasteiger partial charge in [0.1, 0.15) is 5.01 Å². The summed E-state index contributed by atoms with van der Waals surface area (Å²) in [4.78, 5) is 5.71. The Hall–Kier alpha value is -0.620. The van der Waals surface area contributed by atoms with E-state index in [0.717, 1.165) is 30.0 Å². The molecule has 1 aliphatic carbocycles. The van der Waals surface area contributed by atoms with Gasteiger partial charge in [-0.05, 0) is 19.3 Å². The number of halogens is 3. The average molecular weight is 250 g/mol. The molecule has 0 amide bonds. The highest BCUT2D eigenvalue weighted by Gasteiger charge is 2.26. The van der Waals surface area contributed by atoms with Gasteiger partial charge in [-0.2, -0.15) is 13.2 Å². The van der Waals surface area contributed by atoms with Crippen LogP contribution in [-0.4, -0.2) is 17.7 Å². The molecule has 0 radical (unpaired) electrons. The molecule has 90 valence electrons. The molecule has 1 aromatic rings. The van der Waals surface area contributed by atoms with Crippen molar-refractivity contribution in [3.8, 4) is 0 Å². The van der Waals surface area contributed by atoms with Gasteiger partial charge in [0.25, 0.3) is 0 Å². The second-order valence-electron chi connectivity index (χ2n) is 3.87. The van der Waals surface area contributed by atoms with E-state index >= 15 is 0 Å². The smallest absolute Gasteiger partial charge is 0.310 e. The van der Waals surface area contributed by atoms with E-state index in [1.807, 2.05) is 0 Å². The van der Waals surface area contributed by atoms with Crippen molar-refractivity contribution in [1.82, 2.24) is 10.3 Å². The zero-order chi connectivity index (χ0) is 11.6. The maximum Gasteiger partial charge on any atom is 0.390 e. The summed E-state index contributed by atoms with van der Waals surface area (Å²) in [5.74, 6) is 0. The topological polar surface area (TPSA) is 24.9 Å². The minimum absolute atomic E-state index is 0.0340. The number of fused-ring (bicyclic) bond motifs is 1. The van der Waals surface area contributed by atoms with E-state index in [1.165, 1.54) is 4.88 Å². The lowest BCUT2D eigenvalue weighted by molar-refractivity contribution is -0.133. The van der Waals surface area contributed by atoms with Crippen molar-refractivity contribution in [2.24, 2.45) is 0 Å². The van der Waals surface area contributed by atoms with Crippen molar-refractivity contribution >= 4 is 11.3 Å². The Bertz CT molecular complexity index is 338. The Labute approximate surface area is 95.9 Å². The third kappa shape index (κ3) is 3.18. The molecule has 0 aliphatic heterocycles. The molecule has 1 aromatic heterocycles. The Morgan fingerprint density at radius 2 is 2.12 bits per heavy atom. The van der Waals surface area contributed by atoms with Crippen LogP contribution in [-0.2, 0) is 19.4 Å². The molecular weight excluding hydrogens is 237 g/mol. The van der Waals surface area contributed by atoms with E-state index in [-0.39, 0.29) is 6.54 Å². The highest BCUT2D eigenvalue weighted by Crippen LogP contribution is 2.27. The van der Waals surface area contributed by atoms with Gasteiger partial charge < -0.3 is 5.32 Å². The summed E-state index contributed by atoms with van der Waals surface area (Å²) in [5.41, 5.74) is 1.15. The second kappa shape index (κ2) is 4.71. The van der Waals surface area contributed by atoms with E-state index in [1.54, 1.807) is 11.3 Å². The standard InChI is InChI=1S/C10H13F3N2S/c11-10(12,13)4-5-14-6-9-15-7-2-1-3-8(7)16-9/h14H,1-6H2. The Morgan fingerprint density at radius 3 is 2.81 bits per heavy atom. The maximum absolute atomic E-state index is 11.9. The largest absolute Gasteiger partial charge is 0.390 e. The molecule has 1 aliphatic rings. The van der Waals surface area contributed by atoms with Crippen molar-refractivity contribution in [3.63, 3.8) is 0 Å². The molecule has 0 atom stereocenters. The van der Waals surface area contributed by atoms with Gasteiger partial charge in [-0.3, -0.25) is 0 Å². The van der Waals surface area contributed by atoms with Gasteiger partial charge in [0.05, 0.1) is 12.1 Å². The van der Waals surface area contributed by atoms with Crippen LogP contribution in [0.15, 0.2) is 0 Å². The first kappa shape index (κ1) is 11.9. The summed E-state index contributed by atoms with van der Waals surface area (Å²) in [6.45, 7) is 0.418. The molecule has 0 spiro atoms. The van der Waals surface area contributed by atoms with Crippen LogP contribution in [0.3, 0.4) is 0 Å². The number of nitrogens with one attached hydrogen (secondary N) is 1. The summed E-state index contributed by atoms with van der Waals surface area (Å²) < 4.78 is 35.6. The Kier molecular flexibility index (Phi) is 3.49. The van der Waals surface area contributed by atoms with E-state index in [9.17, 15) is 13.2 Å². The van der Waals surface area contributed by atoms with Gasteiger partial charge in [0.2, 0.25) is 0 Å². The number of thiazole rings is 1. The fourth-order valence-corrected chi connectivity index (χ4v) is 2.87. The molecule has 0 fully saturated rings. The van der Waals surface area contributed by atoms with Crippen molar-refractivity contribution in [2.45, 2.75) is 38.4 Å². The summed E-state index contributed by atoms with van der Waals surface area (Å²) in [6, 6.07) is 0. The van der Waals surface area contributed by atoms with Gasteiger partial charge in [-0.15, -0.1) is 11.3 Å². The van der Waals surface area contributed by atoms with Crippen LogP contribution in [0.25, 0.3) is 0 Å². The van der Waals surface area contributed by atoms with Gasteiger partial charge in [-0.1, -0.05) is 0 Å². The maximum atomic E-state index is 11.9. The molecule has 1 N–H and O–H groups in total. The minimum atomic E-state index is -4.07. The number of hydrogen-bond donors (Lipinski definition) is 1.